The summed E-state index contributed by atoms with van der Waals surface area (Å²) in [5.41, 5.74) is 0. The van der Waals surface area contributed by atoms with Crippen LogP contribution in [0.4, 0.5) is 0 Å². The maximum absolute atomic E-state index is 10.6. The topological polar surface area (TPSA) is 59.7 Å². The van der Waals surface area contributed by atoms with Gasteiger partial charge >= 0.3 is 10.5 Å². The smallest absolute Gasteiger partial charge is 0.350 e. The second-order valence-corrected chi connectivity index (χ2v) is 3.78. The summed E-state index contributed by atoms with van der Waals surface area (Å²) in [5, 5.41) is 0. The molecule has 11 heavy (non-hydrogen) atoms. The van der Waals surface area contributed by atoms with Gasteiger partial charge in [-0.15, -0.1) is 4.18 Å². The van der Waals surface area contributed by atoms with E-state index in [9.17, 15) is 4.21 Å². The van der Waals surface area contributed by atoms with Crippen molar-refractivity contribution in [3.8, 4) is 0 Å². The average Bonchev–Trinajstić information content (AvgIpc) is 2.32. The molecule has 1 heterocycles. The standard InChI is InChI=1S/C6H8O4S/c1-11(7,8)10-5-6-3-2-4-9-6/h2-4H,5H2,1H3/p+1. The molecule has 1 atom stereocenters. The van der Waals surface area contributed by atoms with Gasteiger partial charge in [0.1, 0.15) is 5.76 Å². The minimum atomic E-state index is -3.11. The molecule has 1 aromatic rings. The molecule has 0 aromatic carbocycles. The molecule has 1 N–H and O–H groups in total. The Hall–Kier alpha value is -0.650. The van der Waals surface area contributed by atoms with Crippen LogP contribution in [0.15, 0.2) is 22.8 Å². The van der Waals surface area contributed by atoms with Gasteiger partial charge in [0.15, 0.2) is 12.9 Å². The van der Waals surface area contributed by atoms with Gasteiger partial charge < -0.3 is 4.42 Å². The molecular weight excluding hydrogens is 168 g/mol. The molecule has 0 spiro atoms. The molecule has 0 aliphatic heterocycles. The summed E-state index contributed by atoms with van der Waals surface area (Å²) in [6, 6.07) is 3.36. The van der Waals surface area contributed by atoms with Crippen LogP contribution in [0.25, 0.3) is 0 Å². The third-order valence-electron chi connectivity index (χ3n) is 1.000. The molecule has 0 saturated heterocycles. The van der Waals surface area contributed by atoms with Gasteiger partial charge in [0.05, 0.1) is 6.26 Å². The fourth-order valence-corrected chi connectivity index (χ4v) is 0.897. The first-order valence-corrected chi connectivity index (χ1v) is 4.81. The van der Waals surface area contributed by atoms with Crippen molar-refractivity contribution in [1.29, 1.82) is 0 Å². The lowest BCUT2D eigenvalue weighted by atomic mass is 10.5. The lowest BCUT2D eigenvalue weighted by molar-refractivity contribution is 0.248. The molecule has 0 amide bonds. The quantitative estimate of drug-likeness (QED) is 0.707. The van der Waals surface area contributed by atoms with Crippen molar-refractivity contribution in [2.24, 2.45) is 0 Å². The van der Waals surface area contributed by atoms with Crippen LogP contribution < -0.4 is 0 Å². The van der Waals surface area contributed by atoms with Crippen molar-refractivity contribution in [3.05, 3.63) is 24.2 Å². The average molecular weight is 177 g/mol. The third-order valence-corrected chi connectivity index (χ3v) is 1.56. The van der Waals surface area contributed by atoms with Gasteiger partial charge in [0, 0.05) is 0 Å². The number of hydrogen-bond donors (Lipinski definition) is 1. The van der Waals surface area contributed by atoms with E-state index in [0.717, 1.165) is 6.26 Å². The SMILES string of the molecule is C[S+](=O)(O)OCc1ccco1. The molecule has 0 fully saturated rings. The molecule has 1 rings (SSSR count). The van der Waals surface area contributed by atoms with E-state index in [4.69, 9.17) is 8.97 Å². The molecule has 0 saturated carbocycles. The summed E-state index contributed by atoms with van der Waals surface area (Å²) >= 11 is 0. The van der Waals surface area contributed by atoms with Gasteiger partial charge in [-0.3, -0.25) is 0 Å². The lowest BCUT2D eigenvalue weighted by Crippen LogP contribution is -2.09. The number of furan rings is 1. The van der Waals surface area contributed by atoms with Gasteiger partial charge in [-0.25, -0.2) is 0 Å². The summed E-state index contributed by atoms with van der Waals surface area (Å²) in [6.45, 7) is 0.0266. The summed E-state index contributed by atoms with van der Waals surface area (Å²) in [5.74, 6) is 0.536. The van der Waals surface area contributed by atoms with Crippen LogP contribution in [-0.2, 0) is 25.5 Å². The maximum atomic E-state index is 10.6. The first-order valence-electron chi connectivity index (χ1n) is 2.96. The minimum Gasteiger partial charge on any atom is -0.467 e. The zero-order valence-electron chi connectivity index (χ0n) is 6.02. The molecule has 1 unspecified atom stereocenters. The van der Waals surface area contributed by atoms with Crippen molar-refractivity contribution in [2.75, 3.05) is 6.26 Å². The zero-order chi connectivity index (χ0) is 8.32. The van der Waals surface area contributed by atoms with Crippen LogP contribution in [0.5, 0.6) is 0 Å². The van der Waals surface area contributed by atoms with E-state index in [1.807, 2.05) is 0 Å². The molecule has 1 aromatic heterocycles. The summed E-state index contributed by atoms with van der Waals surface area (Å²) in [4.78, 5) is 0. The van der Waals surface area contributed by atoms with E-state index in [-0.39, 0.29) is 6.61 Å². The van der Waals surface area contributed by atoms with Gasteiger partial charge in [0.2, 0.25) is 0 Å². The molecule has 0 radical (unpaired) electrons. The van der Waals surface area contributed by atoms with Crippen LogP contribution in [0, 0.1) is 0 Å². The van der Waals surface area contributed by atoms with E-state index in [2.05, 4.69) is 4.18 Å². The summed E-state index contributed by atoms with van der Waals surface area (Å²) in [7, 11) is -3.11. The Morgan fingerprint density at radius 2 is 2.55 bits per heavy atom. The van der Waals surface area contributed by atoms with E-state index in [0.29, 0.717) is 5.76 Å². The maximum Gasteiger partial charge on any atom is 0.350 e. The first kappa shape index (κ1) is 8.45. The second kappa shape index (κ2) is 3.17. The molecule has 5 heteroatoms. The minimum absolute atomic E-state index is 0.0266. The van der Waals surface area contributed by atoms with Gasteiger partial charge in [-0.2, -0.15) is 4.55 Å². The van der Waals surface area contributed by atoms with Gasteiger partial charge in [-0.05, 0) is 16.3 Å². The first-order chi connectivity index (χ1) is 5.08. The fraction of sp³-hybridized carbons (Fsp3) is 0.333. The normalized spacial score (nSPS) is 16.2. The molecule has 0 aliphatic rings. The predicted octanol–water partition coefficient (Wildman–Crippen LogP) is 1.31. The Kier molecular flexibility index (Phi) is 2.43. The van der Waals surface area contributed by atoms with Crippen LogP contribution in [-0.4, -0.2) is 10.8 Å². The van der Waals surface area contributed by atoms with Crippen molar-refractivity contribution in [2.45, 2.75) is 6.61 Å². The van der Waals surface area contributed by atoms with Gasteiger partial charge in [-0.1, -0.05) is 0 Å². The second-order valence-electron chi connectivity index (χ2n) is 2.07. The van der Waals surface area contributed by atoms with Crippen molar-refractivity contribution >= 4 is 10.5 Å². The predicted molar refractivity (Wildman–Crippen MR) is 40.1 cm³/mol. The zero-order valence-corrected chi connectivity index (χ0v) is 6.84. The summed E-state index contributed by atoms with van der Waals surface area (Å²) < 4.78 is 28.7. The molecular formula is C6H9O4S+. The molecule has 62 valence electrons. The van der Waals surface area contributed by atoms with Crippen molar-refractivity contribution in [3.63, 3.8) is 0 Å². The van der Waals surface area contributed by atoms with Crippen molar-refractivity contribution in [1.82, 2.24) is 0 Å². The van der Waals surface area contributed by atoms with Crippen LogP contribution in [0.2, 0.25) is 0 Å². The Bertz CT molecular complexity index is 248. The Morgan fingerprint density at radius 1 is 1.82 bits per heavy atom. The lowest BCUT2D eigenvalue weighted by Gasteiger charge is -1.94. The highest BCUT2D eigenvalue weighted by atomic mass is 32.3. The number of hydrogen-bond acceptors (Lipinski definition) is 3. The van der Waals surface area contributed by atoms with Crippen molar-refractivity contribution < 1.29 is 17.4 Å². The molecule has 4 nitrogen and oxygen atoms in total. The Labute approximate surface area is 65.6 Å². The number of rotatable bonds is 3. The highest BCUT2D eigenvalue weighted by Crippen LogP contribution is 2.05. The third kappa shape index (κ3) is 3.31. The van der Waals surface area contributed by atoms with E-state index >= 15 is 0 Å². The Balaban J connectivity index is 2.41. The monoisotopic (exact) mass is 177 g/mol. The van der Waals surface area contributed by atoms with Crippen LogP contribution in [0.3, 0.4) is 0 Å². The fourth-order valence-electron chi connectivity index (χ4n) is 0.562. The van der Waals surface area contributed by atoms with Gasteiger partial charge in [0.25, 0.3) is 0 Å². The van der Waals surface area contributed by atoms with E-state index in [1.165, 1.54) is 6.26 Å². The van der Waals surface area contributed by atoms with E-state index in [1.54, 1.807) is 12.1 Å². The highest BCUT2D eigenvalue weighted by Gasteiger charge is 2.17. The molecule has 0 aliphatic carbocycles. The Morgan fingerprint density at radius 3 is 3.00 bits per heavy atom. The van der Waals surface area contributed by atoms with Crippen LogP contribution >= 0.6 is 0 Å². The van der Waals surface area contributed by atoms with E-state index < -0.39 is 10.5 Å². The highest BCUT2D eigenvalue weighted by molar-refractivity contribution is 7.92. The molecule has 0 bridgehead atoms. The van der Waals surface area contributed by atoms with Crippen LogP contribution in [0.1, 0.15) is 5.76 Å². The summed E-state index contributed by atoms with van der Waals surface area (Å²) in [6.07, 6.45) is 2.59. The largest absolute Gasteiger partial charge is 0.467 e.